The minimum Gasteiger partial charge on any atom is -1.00 e. The zero-order valence-electron chi connectivity index (χ0n) is 6.00. The molecule has 0 atom stereocenters. The van der Waals surface area contributed by atoms with E-state index < -0.39 is 0 Å². The van der Waals surface area contributed by atoms with Gasteiger partial charge in [0.2, 0.25) is 0 Å². The second-order valence-electron chi connectivity index (χ2n) is 1.68. The number of carbonyl (C=O) groups is 1. The molecule has 0 aliphatic rings. The number of phenols is 1. The molecule has 12 heavy (non-hydrogen) atoms. The molecule has 1 aromatic rings. The van der Waals surface area contributed by atoms with E-state index in [9.17, 15) is 4.79 Å². The maximum atomic E-state index is 10.1. The number of rotatable bonds is 1. The Morgan fingerprint density at radius 1 is 1.17 bits per heavy atom. The molecular weight excluding hydrogens is 327 g/mol. The average Bonchev–Trinajstić information content (AvgIpc) is 1.89. The largest absolute Gasteiger partial charge is 1.00 e. The maximum absolute atomic E-state index is 10.1. The molecule has 66 valence electrons. The van der Waals surface area contributed by atoms with Gasteiger partial charge in [0.25, 0.3) is 0 Å². The van der Waals surface area contributed by atoms with Crippen molar-refractivity contribution in [3.63, 3.8) is 0 Å². The Morgan fingerprint density at radius 3 is 2.00 bits per heavy atom. The SMILES string of the molecule is O=Cc1ccccc1O.[Ce].[Cl-].[Cl-]. The van der Waals surface area contributed by atoms with Gasteiger partial charge in [-0.15, -0.1) is 0 Å². The van der Waals surface area contributed by atoms with Crippen LogP contribution in [-0.2, 0) is 0 Å². The third-order valence-corrected chi connectivity index (χ3v) is 1.06. The van der Waals surface area contributed by atoms with Crippen LogP contribution in [0.2, 0.25) is 0 Å². The van der Waals surface area contributed by atoms with E-state index in [1.807, 2.05) is 0 Å². The summed E-state index contributed by atoms with van der Waals surface area (Å²) >= 11 is 0. The fourth-order valence-corrected chi connectivity index (χ4v) is 0.587. The molecule has 0 aromatic heterocycles. The van der Waals surface area contributed by atoms with Crippen molar-refractivity contribution in [1.29, 1.82) is 0 Å². The summed E-state index contributed by atoms with van der Waals surface area (Å²) < 4.78 is 0. The molecule has 0 saturated carbocycles. The van der Waals surface area contributed by atoms with Crippen LogP contribution in [0.5, 0.6) is 5.75 Å². The topological polar surface area (TPSA) is 37.3 Å². The van der Waals surface area contributed by atoms with Gasteiger partial charge in [0, 0.05) is 41.7 Å². The number of aromatic hydroxyl groups is 1. The Bertz CT molecular complexity index is 230. The summed E-state index contributed by atoms with van der Waals surface area (Å²) in [5.41, 5.74) is 0.331. The first kappa shape index (κ1) is 18.4. The number of aldehydes is 1. The van der Waals surface area contributed by atoms with Crippen molar-refractivity contribution < 1.29 is 76.5 Å². The number of para-hydroxylation sites is 1. The minimum atomic E-state index is 0. The van der Waals surface area contributed by atoms with Crippen LogP contribution in [0.15, 0.2) is 24.3 Å². The number of halogens is 2. The smallest absolute Gasteiger partial charge is 0.153 e. The van der Waals surface area contributed by atoms with Gasteiger partial charge in [-0.3, -0.25) is 4.79 Å². The fourth-order valence-electron chi connectivity index (χ4n) is 0.587. The first-order chi connectivity index (χ1) is 4.34. The van der Waals surface area contributed by atoms with Gasteiger partial charge in [0.05, 0.1) is 5.56 Å². The van der Waals surface area contributed by atoms with Crippen molar-refractivity contribution in [2.24, 2.45) is 0 Å². The first-order valence-corrected chi connectivity index (χ1v) is 2.58. The van der Waals surface area contributed by atoms with Gasteiger partial charge in [-0.25, -0.2) is 0 Å². The van der Waals surface area contributed by atoms with Gasteiger partial charge < -0.3 is 29.9 Å². The molecule has 5 heteroatoms. The molecule has 0 radical (unpaired) electrons. The predicted octanol–water partition coefficient (Wildman–Crippen LogP) is -4.79. The van der Waals surface area contributed by atoms with Crippen molar-refractivity contribution in [1.82, 2.24) is 0 Å². The molecule has 1 rings (SSSR count). The molecule has 0 fully saturated rings. The summed E-state index contributed by atoms with van der Waals surface area (Å²) in [5, 5.41) is 8.88. The molecule has 0 amide bonds. The van der Waals surface area contributed by atoms with E-state index in [0.717, 1.165) is 0 Å². The summed E-state index contributed by atoms with van der Waals surface area (Å²) in [6, 6.07) is 6.40. The first-order valence-electron chi connectivity index (χ1n) is 2.58. The number of phenolic OH excluding ortho intramolecular Hbond substituents is 1. The second-order valence-corrected chi connectivity index (χ2v) is 1.68. The van der Waals surface area contributed by atoms with E-state index in [-0.39, 0.29) is 72.3 Å². The summed E-state index contributed by atoms with van der Waals surface area (Å²) in [7, 11) is 0. The van der Waals surface area contributed by atoms with Gasteiger partial charge in [0.15, 0.2) is 6.29 Å². The standard InChI is InChI=1S/C7H6O2.Ce.2ClH/c8-5-6-3-1-2-4-7(6)9;;;/h1-5,9H;;2*1H/p-2. The molecule has 0 aliphatic carbocycles. The van der Waals surface area contributed by atoms with Crippen LogP contribution in [0, 0.1) is 41.7 Å². The van der Waals surface area contributed by atoms with Crippen LogP contribution in [0.4, 0.5) is 0 Å². The molecule has 1 aromatic carbocycles. The zero-order chi connectivity index (χ0) is 6.69. The number of hydrogen-bond donors (Lipinski definition) is 1. The van der Waals surface area contributed by atoms with Crippen molar-refractivity contribution in [3.8, 4) is 5.75 Å². The summed E-state index contributed by atoms with van der Waals surface area (Å²) in [5.74, 6) is 0.0347. The molecule has 1 N–H and O–H groups in total. The Labute approximate surface area is 117 Å². The zero-order valence-corrected chi connectivity index (χ0v) is 10.7. The van der Waals surface area contributed by atoms with Gasteiger partial charge in [-0.1, -0.05) is 12.1 Å². The Kier molecular flexibility index (Phi) is 15.0. The predicted molar refractivity (Wildman–Crippen MR) is 33.5 cm³/mol. The van der Waals surface area contributed by atoms with Crippen LogP contribution in [-0.4, -0.2) is 11.4 Å². The normalized spacial score (nSPS) is 6.67. The third-order valence-electron chi connectivity index (χ3n) is 1.06. The van der Waals surface area contributed by atoms with E-state index in [4.69, 9.17) is 5.11 Å². The molecule has 0 spiro atoms. The second kappa shape index (κ2) is 9.73. The van der Waals surface area contributed by atoms with Crippen LogP contribution < -0.4 is 24.8 Å². The molecule has 0 unspecified atom stereocenters. The monoisotopic (exact) mass is 332 g/mol. The van der Waals surface area contributed by atoms with E-state index in [2.05, 4.69) is 0 Å². The molecule has 0 heterocycles. The van der Waals surface area contributed by atoms with Gasteiger partial charge >= 0.3 is 0 Å². The van der Waals surface area contributed by atoms with Gasteiger partial charge in [0.1, 0.15) is 5.75 Å². The summed E-state index contributed by atoms with van der Waals surface area (Å²) in [6.07, 6.45) is 0.620. The molecule has 0 aliphatic heterocycles. The molecular formula is C7H6CeCl2O2-2. The van der Waals surface area contributed by atoms with Crippen molar-refractivity contribution in [2.45, 2.75) is 0 Å². The number of carbonyl (C=O) groups excluding carboxylic acids is 1. The number of benzene rings is 1. The molecule has 0 saturated heterocycles. The van der Waals surface area contributed by atoms with Gasteiger partial charge in [-0.05, 0) is 12.1 Å². The van der Waals surface area contributed by atoms with E-state index in [1.54, 1.807) is 18.2 Å². The fraction of sp³-hybridized carbons (Fsp3) is 0. The average molecular weight is 333 g/mol. The maximum Gasteiger partial charge on any atom is 0.153 e. The van der Waals surface area contributed by atoms with Crippen LogP contribution >= 0.6 is 0 Å². The van der Waals surface area contributed by atoms with Crippen LogP contribution in [0.25, 0.3) is 0 Å². The van der Waals surface area contributed by atoms with Crippen molar-refractivity contribution in [3.05, 3.63) is 29.8 Å². The quantitative estimate of drug-likeness (QED) is 0.524. The van der Waals surface area contributed by atoms with E-state index >= 15 is 0 Å². The Morgan fingerprint density at radius 2 is 1.67 bits per heavy atom. The van der Waals surface area contributed by atoms with Crippen LogP contribution in [0.1, 0.15) is 10.4 Å². The third kappa shape index (κ3) is 5.32. The Balaban J connectivity index is -0.000000270. The van der Waals surface area contributed by atoms with E-state index in [0.29, 0.717) is 11.8 Å². The summed E-state index contributed by atoms with van der Waals surface area (Å²) in [6.45, 7) is 0. The molecule has 0 bridgehead atoms. The van der Waals surface area contributed by atoms with Gasteiger partial charge in [-0.2, -0.15) is 0 Å². The number of hydrogen-bond acceptors (Lipinski definition) is 2. The van der Waals surface area contributed by atoms with Crippen LogP contribution in [0.3, 0.4) is 0 Å². The van der Waals surface area contributed by atoms with Crippen molar-refractivity contribution >= 4 is 6.29 Å². The Hall–Kier alpha value is 0.647. The van der Waals surface area contributed by atoms with Crippen molar-refractivity contribution in [2.75, 3.05) is 0 Å². The summed E-state index contributed by atoms with van der Waals surface area (Å²) in [4.78, 5) is 10.1. The van der Waals surface area contributed by atoms with E-state index in [1.165, 1.54) is 6.07 Å². The molecule has 2 nitrogen and oxygen atoms in total. The minimum absolute atomic E-state index is 0.